The molecule has 0 unspecified atom stereocenters. The lowest BCUT2D eigenvalue weighted by Gasteiger charge is -2.03. The first-order valence-corrected chi connectivity index (χ1v) is 33.0. The number of aliphatic carboxylic acids is 4. The highest BCUT2D eigenvalue weighted by Crippen LogP contribution is 2.17. The van der Waals surface area contributed by atoms with Crippen LogP contribution in [0.25, 0.3) is 0 Å². The number of carboxylic acids is 4. The molecule has 0 spiro atoms. The van der Waals surface area contributed by atoms with Crippen LogP contribution in [0.3, 0.4) is 0 Å². The van der Waals surface area contributed by atoms with E-state index in [9.17, 15) is 19.2 Å². The Bertz CT molecular complexity index is 968. The third-order valence-electron chi connectivity index (χ3n) is 14.5. The van der Waals surface area contributed by atoms with Gasteiger partial charge in [-0.25, -0.2) is 0 Å². The van der Waals surface area contributed by atoms with Gasteiger partial charge in [-0.15, -0.1) is 0 Å². The lowest BCUT2D eigenvalue weighted by Crippen LogP contribution is -1.93. The third-order valence-corrected chi connectivity index (χ3v) is 14.5. The molecule has 0 amide bonds. The van der Waals surface area contributed by atoms with Crippen LogP contribution in [0.2, 0.25) is 0 Å². The van der Waals surface area contributed by atoms with E-state index in [0.717, 1.165) is 51.4 Å². The molecule has 8 heteroatoms. The number of hydrogen-bond acceptors (Lipinski definition) is 4. The summed E-state index contributed by atoms with van der Waals surface area (Å²) in [6.45, 7) is 9.05. The van der Waals surface area contributed by atoms with Gasteiger partial charge in [0.25, 0.3) is 0 Å². The number of unbranched alkanes of at least 4 members (excludes halogenated alkanes) is 50. The number of hydrogen-bond donors (Lipinski definition) is 4. The van der Waals surface area contributed by atoms with E-state index < -0.39 is 23.9 Å². The van der Waals surface area contributed by atoms with Gasteiger partial charge in [-0.05, 0) is 25.7 Å². The van der Waals surface area contributed by atoms with E-state index in [1.165, 1.54) is 295 Å². The molecule has 0 saturated heterocycles. The van der Waals surface area contributed by atoms with E-state index in [1.807, 2.05) is 0 Å². The van der Waals surface area contributed by atoms with Crippen LogP contribution >= 0.6 is 0 Å². The van der Waals surface area contributed by atoms with Crippen molar-refractivity contribution in [3.05, 3.63) is 0 Å². The van der Waals surface area contributed by atoms with Crippen molar-refractivity contribution < 1.29 is 39.6 Å². The lowest BCUT2D eigenvalue weighted by atomic mass is 10.0. The second-order valence-electron chi connectivity index (χ2n) is 22.3. The Kier molecular flexibility index (Phi) is 79.6. The normalized spacial score (nSPS) is 10.8. The van der Waals surface area contributed by atoms with Gasteiger partial charge in [-0.3, -0.25) is 19.2 Å². The van der Waals surface area contributed by atoms with Crippen molar-refractivity contribution in [1.82, 2.24) is 0 Å². The van der Waals surface area contributed by atoms with Crippen molar-refractivity contribution in [1.29, 1.82) is 0 Å². The molecule has 0 aliphatic carbocycles. The quantitative estimate of drug-likeness (QED) is 0.0440. The molecule has 0 aromatic rings. The first-order valence-electron chi connectivity index (χ1n) is 33.0. The predicted octanol–water partition coefficient (Wildman–Crippen LogP) is 23.0. The van der Waals surface area contributed by atoms with E-state index in [-0.39, 0.29) is 0 Å². The zero-order chi connectivity index (χ0) is 55.3. The van der Waals surface area contributed by atoms with Crippen molar-refractivity contribution in [2.45, 2.75) is 400 Å². The highest BCUT2D eigenvalue weighted by Gasteiger charge is 2.01. The van der Waals surface area contributed by atoms with Gasteiger partial charge in [-0.1, -0.05) is 349 Å². The summed E-state index contributed by atoms with van der Waals surface area (Å²) in [4.78, 5) is 41.2. The van der Waals surface area contributed by atoms with E-state index in [2.05, 4.69) is 27.7 Å². The van der Waals surface area contributed by atoms with Crippen LogP contribution < -0.4 is 0 Å². The summed E-state index contributed by atoms with van der Waals surface area (Å²) in [5.41, 5.74) is 0. The van der Waals surface area contributed by atoms with Crippen molar-refractivity contribution >= 4 is 23.9 Å². The van der Waals surface area contributed by atoms with Crippen LogP contribution in [0.4, 0.5) is 0 Å². The van der Waals surface area contributed by atoms with E-state index >= 15 is 0 Å². The van der Waals surface area contributed by atoms with Crippen LogP contribution in [0.1, 0.15) is 400 Å². The highest BCUT2D eigenvalue weighted by molar-refractivity contribution is 5.67. The van der Waals surface area contributed by atoms with E-state index in [0.29, 0.717) is 25.7 Å². The summed E-state index contributed by atoms with van der Waals surface area (Å²) in [6, 6.07) is 0. The van der Waals surface area contributed by atoms with Gasteiger partial charge in [0.2, 0.25) is 0 Å². The van der Waals surface area contributed by atoms with Crippen LogP contribution in [-0.2, 0) is 19.2 Å². The molecule has 74 heavy (non-hydrogen) atoms. The molecular weight excluding hydrogens is 921 g/mol. The molecule has 0 radical (unpaired) electrons. The van der Waals surface area contributed by atoms with Crippen molar-refractivity contribution in [3.63, 3.8) is 0 Å². The van der Waals surface area contributed by atoms with Crippen molar-refractivity contribution in [2.75, 3.05) is 0 Å². The Morgan fingerprint density at radius 1 is 0.162 bits per heavy atom. The maximum atomic E-state index is 10.3. The fourth-order valence-corrected chi connectivity index (χ4v) is 9.53. The van der Waals surface area contributed by atoms with Gasteiger partial charge in [0.1, 0.15) is 0 Å². The fraction of sp³-hybridized carbons (Fsp3) is 0.939. The topological polar surface area (TPSA) is 149 Å². The molecular formula is C66H132O8. The zero-order valence-corrected chi connectivity index (χ0v) is 50.4. The highest BCUT2D eigenvalue weighted by atomic mass is 16.4. The van der Waals surface area contributed by atoms with Gasteiger partial charge in [0.15, 0.2) is 0 Å². The second-order valence-corrected chi connectivity index (χ2v) is 22.3. The van der Waals surface area contributed by atoms with Crippen molar-refractivity contribution in [2.24, 2.45) is 0 Å². The number of carbonyl (C=O) groups is 4. The average molecular weight is 1050 g/mol. The largest absolute Gasteiger partial charge is 0.481 e. The maximum Gasteiger partial charge on any atom is 0.303 e. The van der Waals surface area contributed by atoms with Crippen LogP contribution in [-0.4, -0.2) is 44.3 Å². The molecule has 0 saturated carbocycles. The minimum atomic E-state index is -0.655. The summed E-state index contributed by atoms with van der Waals surface area (Å²) in [5, 5.41) is 34.0. The smallest absolute Gasteiger partial charge is 0.303 e. The standard InChI is InChI=1S/C18H36O2.3C16H32O2/c1-2-3-4-5-6-7-8-9-10-11-12-13-14-15-16-17-18(19)20;3*1-2-3-4-5-6-7-8-9-10-11-12-13-14-15-16(17)18/h2-17H2,1H3,(H,19,20);3*2-15H2,1H3,(H,17,18). The van der Waals surface area contributed by atoms with Gasteiger partial charge in [0, 0.05) is 25.7 Å². The Hall–Kier alpha value is -2.12. The Morgan fingerprint density at radius 3 is 0.324 bits per heavy atom. The van der Waals surface area contributed by atoms with Crippen molar-refractivity contribution in [3.8, 4) is 0 Å². The fourth-order valence-electron chi connectivity index (χ4n) is 9.53. The lowest BCUT2D eigenvalue weighted by molar-refractivity contribution is -0.138. The summed E-state index contributed by atoms with van der Waals surface area (Å²) in [7, 11) is 0. The minimum Gasteiger partial charge on any atom is -0.481 e. The van der Waals surface area contributed by atoms with Gasteiger partial charge >= 0.3 is 23.9 Å². The second kappa shape index (κ2) is 75.1. The molecule has 0 atom stereocenters. The molecule has 0 bridgehead atoms. The SMILES string of the molecule is CCCCCCCCCCCCCCCC(=O)O.CCCCCCCCCCCCCCCC(=O)O.CCCCCCCCCCCCCCCC(=O)O.CCCCCCCCCCCCCCCCCC(=O)O. The maximum absolute atomic E-state index is 10.3. The Labute approximate surface area is 461 Å². The number of rotatable bonds is 58. The monoisotopic (exact) mass is 1050 g/mol. The molecule has 0 aliphatic heterocycles. The molecule has 8 nitrogen and oxygen atoms in total. The van der Waals surface area contributed by atoms with Crippen LogP contribution in [0.5, 0.6) is 0 Å². The molecule has 0 heterocycles. The van der Waals surface area contributed by atoms with E-state index in [1.54, 1.807) is 0 Å². The summed E-state index contributed by atoms with van der Waals surface area (Å²) < 4.78 is 0. The first-order chi connectivity index (χ1) is 36.1. The van der Waals surface area contributed by atoms with Crippen LogP contribution in [0, 0.1) is 0 Å². The Balaban J connectivity index is -0.000000442. The first kappa shape index (κ1) is 78.4. The van der Waals surface area contributed by atoms with Gasteiger partial charge < -0.3 is 20.4 Å². The molecule has 4 N–H and O–H groups in total. The summed E-state index contributed by atoms with van der Waals surface area (Å²) in [6.07, 6.45) is 72.0. The third kappa shape index (κ3) is 92.5. The van der Waals surface area contributed by atoms with E-state index in [4.69, 9.17) is 20.4 Å². The number of carboxylic acid groups (broad SMARTS) is 4. The predicted molar refractivity (Wildman–Crippen MR) is 321 cm³/mol. The molecule has 0 aromatic carbocycles. The van der Waals surface area contributed by atoms with Gasteiger partial charge in [0.05, 0.1) is 0 Å². The molecule has 0 aromatic heterocycles. The Morgan fingerprint density at radius 2 is 0.243 bits per heavy atom. The van der Waals surface area contributed by atoms with Gasteiger partial charge in [-0.2, -0.15) is 0 Å². The molecule has 444 valence electrons. The summed E-state index contributed by atoms with van der Waals surface area (Å²) in [5.74, 6) is -2.62. The average Bonchev–Trinajstić information content (AvgIpc) is 3.37. The van der Waals surface area contributed by atoms with Crippen LogP contribution in [0.15, 0.2) is 0 Å². The molecule has 0 fully saturated rings. The minimum absolute atomic E-state index is 0.345. The zero-order valence-electron chi connectivity index (χ0n) is 50.4. The summed E-state index contributed by atoms with van der Waals surface area (Å²) >= 11 is 0. The molecule has 0 rings (SSSR count). The molecule has 0 aliphatic rings.